The zero-order chi connectivity index (χ0) is 23.9. The first-order chi connectivity index (χ1) is 15.7. The Bertz CT molecular complexity index is 1280. The summed E-state index contributed by atoms with van der Waals surface area (Å²) in [4.78, 5) is 28.1. The lowest BCUT2D eigenvalue weighted by molar-refractivity contribution is -0.576. The van der Waals surface area contributed by atoms with Gasteiger partial charge in [-0.2, -0.15) is 9.67 Å². The van der Waals surface area contributed by atoms with Gasteiger partial charge < -0.3 is 5.11 Å². The third-order valence-electron chi connectivity index (χ3n) is 5.31. The van der Waals surface area contributed by atoms with Crippen LogP contribution in [0.4, 0.5) is 0 Å². The van der Waals surface area contributed by atoms with Crippen LogP contribution in [0.1, 0.15) is 32.0 Å². The summed E-state index contributed by atoms with van der Waals surface area (Å²) in [5.74, 6) is -1.37. The largest absolute Gasteiger partial charge is 0.858 e. The van der Waals surface area contributed by atoms with Crippen molar-refractivity contribution in [2.45, 2.75) is 27.2 Å². The summed E-state index contributed by atoms with van der Waals surface area (Å²) in [7, 11) is 0. The van der Waals surface area contributed by atoms with Crippen LogP contribution in [0.5, 0.6) is 5.88 Å². The van der Waals surface area contributed by atoms with Gasteiger partial charge in [-0.25, -0.2) is 4.68 Å². The van der Waals surface area contributed by atoms with Gasteiger partial charge in [-0.3, -0.25) is 14.5 Å². The Morgan fingerprint density at radius 3 is 2.36 bits per heavy atom. The first-order valence-electron chi connectivity index (χ1n) is 10.6. The Morgan fingerprint density at radius 2 is 1.76 bits per heavy atom. The number of rotatable bonds is 6. The summed E-state index contributed by atoms with van der Waals surface area (Å²) in [5.41, 5.74) is 1.16. The number of hydrogen-bond acceptors (Lipinski definition) is 4. The fraction of sp³-hybridized carbons (Fsp3) is 0.250. The molecule has 1 aliphatic heterocycles. The second kappa shape index (κ2) is 9.00. The average molecular weight is 485 g/mol. The van der Waals surface area contributed by atoms with E-state index in [0.717, 1.165) is 0 Å². The van der Waals surface area contributed by atoms with Crippen molar-refractivity contribution in [1.29, 1.82) is 0 Å². The Kier molecular flexibility index (Phi) is 6.28. The third kappa shape index (κ3) is 4.03. The zero-order valence-electron chi connectivity index (χ0n) is 18.4. The van der Waals surface area contributed by atoms with Crippen molar-refractivity contribution in [3.8, 4) is 11.6 Å². The number of hydrogen-bond donors (Lipinski definition) is 0. The van der Waals surface area contributed by atoms with Crippen LogP contribution in [0.2, 0.25) is 10.0 Å². The Morgan fingerprint density at radius 1 is 1.06 bits per heavy atom. The predicted octanol–water partition coefficient (Wildman–Crippen LogP) is 3.50. The van der Waals surface area contributed by atoms with E-state index in [1.54, 1.807) is 41.2 Å². The van der Waals surface area contributed by atoms with E-state index in [9.17, 15) is 14.7 Å². The smallest absolute Gasteiger partial charge is 0.326 e. The number of amides is 2. The minimum atomic E-state index is -0.499. The molecule has 0 bridgehead atoms. The number of pyridine rings is 1. The molecule has 3 heterocycles. The van der Waals surface area contributed by atoms with Gasteiger partial charge in [0.05, 0.1) is 21.4 Å². The summed E-state index contributed by atoms with van der Waals surface area (Å²) in [6.45, 7) is 5.93. The van der Waals surface area contributed by atoms with E-state index in [2.05, 4.69) is 5.10 Å². The summed E-state index contributed by atoms with van der Waals surface area (Å²) < 4.78 is 2.77. The minimum absolute atomic E-state index is 0.0602. The van der Waals surface area contributed by atoms with Gasteiger partial charge >= 0.3 is 5.91 Å². The maximum Gasteiger partial charge on any atom is 0.326 e. The molecule has 3 aromatic rings. The van der Waals surface area contributed by atoms with Gasteiger partial charge in [-0.1, -0.05) is 50.0 Å². The lowest BCUT2D eigenvalue weighted by Gasteiger charge is -2.17. The SMILES string of the molecule is CCc1nn(-c2ccc(Cl)c(Cl)c2)c([O-])c1C1=C([n+]2ccccc2)C(=O)N(CC(C)C)C1=O. The highest BCUT2D eigenvalue weighted by atomic mass is 35.5. The molecular formula is C24H22Cl2N4O3. The lowest BCUT2D eigenvalue weighted by atomic mass is 10.0. The van der Waals surface area contributed by atoms with Gasteiger partial charge in [0.2, 0.25) is 0 Å². The predicted molar refractivity (Wildman–Crippen MR) is 124 cm³/mol. The summed E-state index contributed by atoms with van der Waals surface area (Å²) in [6.07, 6.45) is 3.75. The zero-order valence-corrected chi connectivity index (χ0v) is 19.9. The molecule has 0 aliphatic carbocycles. The molecule has 4 rings (SSSR count). The number of imide groups is 1. The second-order valence-corrected chi connectivity index (χ2v) is 8.93. The van der Waals surface area contributed by atoms with E-state index in [0.29, 0.717) is 22.8 Å². The number of aromatic nitrogens is 3. The quantitative estimate of drug-likeness (QED) is 0.396. The maximum absolute atomic E-state index is 13.6. The number of benzene rings is 1. The summed E-state index contributed by atoms with van der Waals surface area (Å²) in [6, 6.07) is 10.1. The van der Waals surface area contributed by atoms with Crippen LogP contribution in [-0.2, 0) is 16.0 Å². The Hall–Kier alpha value is -3.16. The van der Waals surface area contributed by atoms with E-state index >= 15 is 0 Å². The van der Waals surface area contributed by atoms with Gasteiger partial charge in [0, 0.05) is 24.2 Å². The summed E-state index contributed by atoms with van der Waals surface area (Å²) in [5, 5.41) is 18.7. The molecule has 33 heavy (non-hydrogen) atoms. The fourth-order valence-electron chi connectivity index (χ4n) is 3.84. The molecule has 0 N–H and O–H groups in total. The highest BCUT2D eigenvalue weighted by molar-refractivity contribution is 6.45. The molecular weight excluding hydrogens is 463 g/mol. The second-order valence-electron chi connectivity index (χ2n) is 8.11. The van der Waals surface area contributed by atoms with Gasteiger partial charge in [0.15, 0.2) is 12.4 Å². The Balaban J connectivity index is 1.97. The van der Waals surface area contributed by atoms with Crippen LogP contribution in [-0.4, -0.2) is 33.0 Å². The van der Waals surface area contributed by atoms with E-state index in [1.165, 1.54) is 15.6 Å². The van der Waals surface area contributed by atoms with E-state index in [4.69, 9.17) is 23.2 Å². The van der Waals surface area contributed by atoms with E-state index in [1.807, 2.05) is 26.8 Å². The highest BCUT2D eigenvalue weighted by Crippen LogP contribution is 2.37. The molecule has 2 amide bonds. The van der Waals surface area contributed by atoms with E-state index < -0.39 is 17.7 Å². The van der Waals surface area contributed by atoms with Crippen LogP contribution in [0.25, 0.3) is 17.0 Å². The molecule has 2 aromatic heterocycles. The van der Waals surface area contributed by atoms with Crippen LogP contribution in [0.15, 0.2) is 48.8 Å². The minimum Gasteiger partial charge on any atom is -0.858 e. The van der Waals surface area contributed by atoms with Crippen molar-refractivity contribution in [3.63, 3.8) is 0 Å². The molecule has 1 aromatic carbocycles. The maximum atomic E-state index is 13.6. The van der Waals surface area contributed by atoms with Crippen molar-refractivity contribution < 1.29 is 19.3 Å². The first kappa shape index (κ1) is 23.0. The monoisotopic (exact) mass is 484 g/mol. The number of aryl methyl sites for hydroxylation is 1. The Labute approximate surface area is 201 Å². The van der Waals surface area contributed by atoms with Crippen LogP contribution >= 0.6 is 23.2 Å². The number of carbonyl (C=O) groups is 2. The average Bonchev–Trinajstić information content (AvgIpc) is 3.24. The van der Waals surface area contributed by atoms with Gasteiger partial charge in [-0.05, 0) is 36.4 Å². The normalized spacial score (nSPS) is 14.2. The molecule has 0 saturated carbocycles. The molecule has 9 heteroatoms. The van der Waals surface area contributed by atoms with Gasteiger partial charge in [-0.15, -0.1) is 0 Å². The molecule has 170 valence electrons. The topological polar surface area (TPSA) is 82.1 Å². The van der Waals surface area contributed by atoms with Crippen molar-refractivity contribution in [1.82, 2.24) is 14.7 Å². The van der Waals surface area contributed by atoms with Crippen LogP contribution in [0, 0.1) is 5.92 Å². The standard InChI is InChI=1S/C24H22Cl2N4O3/c1-4-18-19(23(32)30(27-18)15-8-9-16(25)17(26)12-15)20-21(28-10-6-5-7-11-28)24(33)29(22(20)31)13-14(2)3/h5-12,14H,4,13H2,1-3H3. The lowest BCUT2D eigenvalue weighted by Crippen LogP contribution is -2.40. The third-order valence-corrected chi connectivity index (χ3v) is 6.05. The van der Waals surface area contributed by atoms with Gasteiger partial charge in [0.1, 0.15) is 5.57 Å². The molecule has 0 saturated heterocycles. The molecule has 7 nitrogen and oxygen atoms in total. The summed E-state index contributed by atoms with van der Waals surface area (Å²) >= 11 is 12.2. The molecule has 1 aliphatic rings. The van der Waals surface area contributed by atoms with Crippen molar-refractivity contribution in [2.75, 3.05) is 6.54 Å². The van der Waals surface area contributed by atoms with E-state index in [-0.39, 0.29) is 34.3 Å². The highest BCUT2D eigenvalue weighted by Gasteiger charge is 2.46. The molecule has 0 fully saturated rings. The van der Waals surface area contributed by atoms with Crippen molar-refractivity contribution in [2.24, 2.45) is 5.92 Å². The van der Waals surface area contributed by atoms with Crippen molar-refractivity contribution >= 4 is 46.3 Å². The van der Waals surface area contributed by atoms with Crippen molar-refractivity contribution in [3.05, 3.63) is 70.1 Å². The number of carbonyl (C=O) groups excluding carboxylic acids is 2. The van der Waals surface area contributed by atoms with Crippen LogP contribution < -0.4 is 9.67 Å². The molecule has 0 unspecified atom stereocenters. The molecule has 0 radical (unpaired) electrons. The number of nitrogens with zero attached hydrogens (tertiary/aromatic N) is 4. The van der Waals surface area contributed by atoms with Gasteiger partial charge in [0.25, 0.3) is 11.6 Å². The molecule has 0 spiro atoms. The molecule has 0 atom stereocenters. The van der Waals surface area contributed by atoms with Crippen LogP contribution in [0.3, 0.4) is 0 Å². The fourth-order valence-corrected chi connectivity index (χ4v) is 4.14. The first-order valence-corrected chi connectivity index (χ1v) is 11.3. The number of halogens is 2.